The molecule has 7 nitrogen and oxygen atoms in total. The molecule has 0 aliphatic heterocycles. The van der Waals surface area contributed by atoms with Gasteiger partial charge in [-0.05, 0) is 46.1 Å². The normalized spacial score (nSPS) is 14.8. The van der Waals surface area contributed by atoms with Gasteiger partial charge in [0.05, 0.1) is 19.3 Å². The number of hydrogen-bond acceptors (Lipinski definition) is 5. The zero-order valence-corrected chi connectivity index (χ0v) is 16.2. The molecule has 26 heavy (non-hydrogen) atoms. The van der Waals surface area contributed by atoms with Crippen molar-refractivity contribution in [2.24, 2.45) is 5.92 Å². The molecule has 0 radical (unpaired) electrons. The number of H-pyrrole nitrogens is 1. The van der Waals surface area contributed by atoms with Crippen LogP contribution >= 0.6 is 0 Å². The molecule has 0 spiro atoms. The molecular formula is C19H28N2O5. The predicted molar refractivity (Wildman–Crippen MR) is 96.3 cm³/mol. The highest BCUT2D eigenvalue weighted by atomic mass is 16.5. The fourth-order valence-electron chi connectivity index (χ4n) is 3.13. The molecule has 1 aromatic heterocycles. The van der Waals surface area contributed by atoms with Crippen LogP contribution in [-0.2, 0) is 14.3 Å². The number of aromatic amines is 1. The average Bonchev–Trinajstić information content (AvgIpc) is 3.40. The van der Waals surface area contributed by atoms with E-state index in [0.717, 1.165) is 12.8 Å². The van der Waals surface area contributed by atoms with Crippen molar-refractivity contribution in [3.8, 4) is 0 Å². The van der Waals surface area contributed by atoms with Crippen LogP contribution in [0.4, 0.5) is 0 Å². The molecule has 0 aromatic carbocycles. The van der Waals surface area contributed by atoms with Crippen molar-refractivity contribution in [2.45, 2.75) is 46.6 Å². The van der Waals surface area contributed by atoms with Crippen LogP contribution in [0.2, 0.25) is 0 Å². The number of hydrogen-bond donors (Lipinski definition) is 1. The summed E-state index contributed by atoms with van der Waals surface area (Å²) in [4.78, 5) is 42.3. The van der Waals surface area contributed by atoms with Crippen LogP contribution in [0.15, 0.2) is 0 Å². The Balaban J connectivity index is 2.27. The number of carbonyl (C=O) groups is 3. The topological polar surface area (TPSA) is 88.7 Å². The summed E-state index contributed by atoms with van der Waals surface area (Å²) in [5, 5.41) is 0. The Kier molecular flexibility index (Phi) is 6.58. The van der Waals surface area contributed by atoms with Gasteiger partial charge in [-0.15, -0.1) is 0 Å². The number of nitrogens with zero attached hydrogens (tertiary/aromatic N) is 1. The molecular weight excluding hydrogens is 336 g/mol. The lowest BCUT2D eigenvalue weighted by Crippen LogP contribution is -2.46. The van der Waals surface area contributed by atoms with E-state index in [1.165, 1.54) is 0 Å². The Morgan fingerprint density at radius 2 is 1.92 bits per heavy atom. The quantitative estimate of drug-likeness (QED) is 0.536. The minimum atomic E-state index is -0.624. The lowest BCUT2D eigenvalue weighted by Gasteiger charge is -2.28. The third-order valence-electron chi connectivity index (χ3n) is 4.76. The molecule has 1 aromatic rings. The number of amides is 1. The second-order valence-electron chi connectivity index (χ2n) is 6.68. The van der Waals surface area contributed by atoms with Crippen molar-refractivity contribution in [1.29, 1.82) is 0 Å². The monoisotopic (exact) mass is 364 g/mol. The zero-order chi connectivity index (χ0) is 19.4. The number of aryl methyl sites for hydroxylation is 1. The van der Waals surface area contributed by atoms with Crippen molar-refractivity contribution in [3.05, 3.63) is 22.5 Å². The summed E-state index contributed by atoms with van der Waals surface area (Å²) in [6.07, 6.45) is 1.75. The smallest absolute Gasteiger partial charge is 0.355 e. The van der Waals surface area contributed by atoms with E-state index in [4.69, 9.17) is 9.47 Å². The predicted octanol–water partition coefficient (Wildman–Crippen LogP) is 2.26. The molecule has 1 N–H and O–H groups in total. The Hall–Kier alpha value is -2.15. The van der Waals surface area contributed by atoms with Gasteiger partial charge < -0.3 is 19.4 Å². The second kappa shape index (κ2) is 8.49. The minimum absolute atomic E-state index is 0.000594. The lowest BCUT2D eigenvalue weighted by atomic mass is 9.99. The van der Waals surface area contributed by atoms with Crippen LogP contribution < -0.4 is 0 Å². The van der Waals surface area contributed by atoms with Gasteiger partial charge in [-0.1, -0.05) is 0 Å². The second-order valence-corrected chi connectivity index (χ2v) is 6.68. The molecule has 1 amide bonds. The molecule has 1 aliphatic rings. The number of methoxy groups -OCH3 is 1. The van der Waals surface area contributed by atoms with E-state index in [0.29, 0.717) is 30.0 Å². The molecule has 0 saturated heterocycles. The summed E-state index contributed by atoms with van der Waals surface area (Å²) in [5.41, 5.74) is 1.90. The van der Waals surface area contributed by atoms with Gasteiger partial charge in [0, 0.05) is 30.8 Å². The lowest BCUT2D eigenvalue weighted by molar-refractivity contribution is -0.134. The summed E-state index contributed by atoms with van der Waals surface area (Å²) in [7, 11) is 1.57. The van der Waals surface area contributed by atoms with Crippen molar-refractivity contribution in [1.82, 2.24) is 9.88 Å². The summed E-state index contributed by atoms with van der Waals surface area (Å²) in [6, 6.07) is -0.624. The molecule has 1 saturated carbocycles. The van der Waals surface area contributed by atoms with Gasteiger partial charge in [0.2, 0.25) is 5.91 Å². The van der Waals surface area contributed by atoms with E-state index in [1.54, 1.807) is 39.7 Å². The van der Waals surface area contributed by atoms with Crippen LogP contribution in [0.1, 0.15) is 58.8 Å². The number of ketones is 1. The Labute approximate surface area is 154 Å². The van der Waals surface area contributed by atoms with E-state index < -0.39 is 12.0 Å². The van der Waals surface area contributed by atoms with Crippen LogP contribution in [0.5, 0.6) is 0 Å². The maximum Gasteiger partial charge on any atom is 0.355 e. The number of aromatic nitrogens is 1. The first kappa shape index (κ1) is 20.2. The maximum absolute atomic E-state index is 13.1. The van der Waals surface area contributed by atoms with Gasteiger partial charge >= 0.3 is 5.97 Å². The van der Waals surface area contributed by atoms with Crippen LogP contribution in [-0.4, -0.2) is 60.5 Å². The van der Waals surface area contributed by atoms with Crippen molar-refractivity contribution in [2.75, 3.05) is 26.9 Å². The van der Waals surface area contributed by atoms with Crippen molar-refractivity contribution >= 4 is 17.7 Å². The fourth-order valence-corrected chi connectivity index (χ4v) is 3.13. The largest absolute Gasteiger partial charge is 0.461 e. The molecule has 1 heterocycles. The summed E-state index contributed by atoms with van der Waals surface area (Å²) in [5.74, 6) is -0.646. The zero-order valence-electron chi connectivity index (χ0n) is 16.2. The molecule has 1 fully saturated rings. The Morgan fingerprint density at radius 3 is 2.46 bits per heavy atom. The summed E-state index contributed by atoms with van der Waals surface area (Å²) >= 11 is 0. The minimum Gasteiger partial charge on any atom is -0.461 e. The highest BCUT2D eigenvalue weighted by Crippen LogP contribution is 2.32. The average molecular weight is 364 g/mol. The maximum atomic E-state index is 13.1. The number of nitrogens with one attached hydrogen (secondary N) is 1. The van der Waals surface area contributed by atoms with Gasteiger partial charge in [-0.3, -0.25) is 9.59 Å². The number of carbonyl (C=O) groups excluding carboxylic acids is 3. The first-order valence-electron chi connectivity index (χ1n) is 9.03. The molecule has 0 bridgehead atoms. The highest BCUT2D eigenvalue weighted by molar-refractivity contribution is 6.06. The van der Waals surface area contributed by atoms with Crippen molar-refractivity contribution < 1.29 is 23.9 Å². The van der Waals surface area contributed by atoms with Gasteiger partial charge in [-0.25, -0.2) is 4.79 Å². The van der Waals surface area contributed by atoms with Gasteiger partial charge in [0.1, 0.15) is 5.69 Å². The van der Waals surface area contributed by atoms with Crippen molar-refractivity contribution in [3.63, 3.8) is 0 Å². The highest BCUT2D eigenvalue weighted by Gasteiger charge is 2.38. The molecule has 2 rings (SSSR count). The number of Topliss-reactive ketones (excluding diaryl/α,β-unsaturated/α-hetero) is 1. The molecule has 1 atom stereocenters. The van der Waals surface area contributed by atoms with E-state index in [-0.39, 0.29) is 29.9 Å². The van der Waals surface area contributed by atoms with E-state index in [1.807, 2.05) is 0 Å². The van der Waals surface area contributed by atoms with Gasteiger partial charge in [-0.2, -0.15) is 0 Å². The summed E-state index contributed by atoms with van der Waals surface area (Å²) < 4.78 is 10.1. The Morgan fingerprint density at radius 1 is 1.27 bits per heavy atom. The molecule has 7 heteroatoms. The van der Waals surface area contributed by atoms with E-state index >= 15 is 0 Å². The van der Waals surface area contributed by atoms with Gasteiger partial charge in [0.15, 0.2) is 5.78 Å². The van der Waals surface area contributed by atoms with Gasteiger partial charge in [0.25, 0.3) is 0 Å². The number of ether oxygens (including phenoxy) is 2. The standard InChI is InChI=1S/C19H28N2O5/c1-6-26-19(24)16-11(2)15(12(3)20-16)17(22)13(4)21(9-10-25-5)18(23)14-7-8-14/h13-14,20H,6-10H2,1-5H3. The third-order valence-corrected chi connectivity index (χ3v) is 4.76. The Bertz CT molecular complexity index is 690. The first-order valence-corrected chi connectivity index (χ1v) is 9.03. The fraction of sp³-hybridized carbons (Fsp3) is 0.632. The summed E-state index contributed by atoms with van der Waals surface area (Å²) in [6.45, 7) is 7.93. The SMILES string of the molecule is CCOC(=O)c1[nH]c(C)c(C(=O)C(C)N(CCOC)C(=O)C2CC2)c1C. The van der Waals surface area contributed by atoms with Crippen LogP contribution in [0, 0.1) is 19.8 Å². The number of rotatable bonds is 9. The molecule has 144 valence electrons. The number of esters is 1. The third kappa shape index (κ3) is 4.15. The van der Waals surface area contributed by atoms with Crippen LogP contribution in [0.25, 0.3) is 0 Å². The molecule has 1 unspecified atom stereocenters. The molecule has 1 aliphatic carbocycles. The first-order chi connectivity index (χ1) is 12.3. The van der Waals surface area contributed by atoms with E-state index in [2.05, 4.69) is 4.98 Å². The van der Waals surface area contributed by atoms with Crippen LogP contribution in [0.3, 0.4) is 0 Å². The van der Waals surface area contributed by atoms with E-state index in [9.17, 15) is 14.4 Å².